The van der Waals surface area contributed by atoms with Crippen LogP contribution in [0.3, 0.4) is 0 Å². The van der Waals surface area contributed by atoms with E-state index in [2.05, 4.69) is 12.2 Å². The Morgan fingerprint density at radius 2 is 2.22 bits per heavy atom. The Morgan fingerprint density at radius 3 is 2.94 bits per heavy atom. The van der Waals surface area contributed by atoms with Gasteiger partial charge < -0.3 is 10.4 Å². The van der Waals surface area contributed by atoms with Gasteiger partial charge in [0.05, 0.1) is 5.56 Å². The highest BCUT2D eigenvalue weighted by Gasteiger charge is 2.22. The van der Waals surface area contributed by atoms with Crippen LogP contribution in [0.2, 0.25) is 5.02 Å². The van der Waals surface area contributed by atoms with Crippen LogP contribution in [-0.4, -0.2) is 17.1 Å². The first-order valence-corrected chi connectivity index (χ1v) is 6.73. The van der Waals surface area contributed by atoms with Crippen molar-refractivity contribution in [3.63, 3.8) is 0 Å². The van der Waals surface area contributed by atoms with Crippen LogP contribution in [0.1, 0.15) is 43.0 Å². The molecule has 2 unspecified atom stereocenters. The molecule has 0 spiro atoms. The molecule has 1 aliphatic rings. The maximum Gasteiger partial charge on any atom is 0.255 e. The van der Waals surface area contributed by atoms with Crippen LogP contribution in [0.15, 0.2) is 18.2 Å². The highest BCUT2D eigenvalue weighted by atomic mass is 35.5. The van der Waals surface area contributed by atoms with Crippen LogP contribution in [0, 0.1) is 5.92 Å². The number of nitrogens with one attached hydrogen (secondary N) is 1. The molecular weight excluding hydrogens is 250 g/mol. The van der Waals surface area contributed by atoms with Gasteiger partial charge in [0.15, 0.2) is 0 Å². The van der Waals surface area contributed by atoms with E-state index in [-0.39, 0.29) is 23.3 Å². The zero-order valence-corrected chi connectivity index (χ0v) is 11.2. The number of carbonyl (C=O) groups excluding carboxylic acids is 1. The summed E-state index contributed by atoms with van der Waals surface area (Å²) >= 11 is 5.84. The fourth-order valence-corrected chi connectivity index (χ4v) is 2.69. The van der Waals surface area contributed by atoms with E-state index in [1.807, 2.05) is 0 Å². The molecule has 98 valence electrons. The van der Waals surface area contributed by atoms with Gasteiger partial charge in [-0.05, 0) is 37.0 Å². The summed E-state index contributed by atoms with van der Waals surface area (Å²) in [5.74, 6) is 0.381. The van der Waals surface area contributed by atoms with Crippen molar-refractivity contribution in [1.29, 1.82) is 0 Å². The second-order valence-corrected chi connectivity index (χ2v) is 5.54. The Kier molecular flexibility index (Phi) is 4.12. The number of rotatable bonds is 2. The van der Waals surface area contributed by atoms with Gasteiger partial charge in [-0.3, -0.25) is 4.79 Å². The van der Waals surface area contributed by atoms with Crippen molar-refractivity contribution in [3.05, 3.63) is 28.8 Å². The van der Waals surface area contributed by atoms with Crippen molar-refractivity contribution < 1.29 is 9.90 Å². The summed E-state index contributed by atoms with van der Waals surface area (Å²) in [5.41, 5.74) is 0.251. The van der Waals surface area contributed by atoms with E-state index in [9.17, 15) is 9.90 Å². The van der Waals surface area contributed by atoms with Gasteiger partial charge in [-0.2, -0.15) is 0 Å². The van der Waals surface area contributed by atoms with E-state index in [0.717, 1.165) is 19.3 Å². The van der Waals surface area contributed by atoms with Gasteiger partial charge in [0.1, 0.15) is 5.75 Å². The number of aromatic hydroxyl groups is 1. The highest BCUT2D eigenvalue weighted by molar-refractivity contribution is 6.31. The highest BCUT2D eigenvalue weighted by Crippen LogP contribution is 2.25. The summed E-state index contributed by atoms with van der Waals surface area (Å²) in [6.45, 7) is 2.20. The van der Waals surface area contributed by atoms with E-state index in [0.29, 0.717) is 10.9 Å². The van der Waals surface area contributed by atoms with Crippen LogP contribution in [0.4, 0.5) is 0 Å². The van der Waals surface area contributed by atoms with E-state index in [1.165, 1.54) is 18.6 Å². The zero-order chi connectivity index (χ0) is 13.1. The summed E-state index contributed by atoms with van der Waals surface area (Å²) < 4.78 is 0. The van der Waals surface area contributed by atoms with Crippen LogP contribution in [0.5, 0.6) is 5.75 Å². The fraction of sp³-hybridized carbons (Fsp3) is 0.500. The summed E-state index contributed by atoms with van der Waals surface area (Å²) in [5, 5.41) is 13.1. The van der Waals surface area contributed by atoms with Crippen LogP contribution in [-0.2, 0) is 0 Å². The lowest BCUT2D eigenvalue weighted by atomic mass is 9.87. The minimum atomic E-state index is -0.242. The van der Waals surface area contributed by atoms with Gasteiger partial charge in [0, 0.05) is 11.1 Å². The summed E-state index contributed by atoms with van der Waals surface area (Å²) in [4.78, 5) is 12.1. The first kappa shape index (κ1) is 13.2. The number of halogens is 1. The molecule has 0 heterocycles. The Balaban J connectivity index is 2.05. The molecule has 0 bridgehead atoms. The number of carbonyl (C=O) groups is 1. The molecule has 2 rings (SSSR count). The molecule has 4 heteroatoms. The molecule has 1 amide bonds. The zero-order valence-electron chi connectivity index (χ0n) is 10.4. The van der Waals surface area contributed by atoms with Gasteiger partial charge in [-0.1, -0.05) is 31.4 Å². The topological polar surface area (TPSA) is 49.3 Å². The van der Waals surface area contributed by atoms with Gasteiger partial charge in [0.2, 0.25) is 0 Å². The molecular formula is C14H18ClNO2. The second kappa shape index (κ2) is 5.61. The standard InChI is InChI=1S/C14H18ClNO2/c1-9-3-2-4-11(7-9)16-14(18)12-8-10(15)5-6-13(12)17/h5-6,8-9,11,17H,2-4,7H2,1H3,(H,16,18). The van der Waals surface area contributed by atoms with E-state index in [4.69, 9.17) is 11.6 Å². The largest absolute Gasteiger partial charge is 0.507 e. The van der Waals surface area contributed by atoms with Crippen molar-refractivity contribution >= 4 is 17.5 Å². The Labute approximate surface area is 112 Å². The first-order chi connectivity index (χ1) is 8.56. The van der Waals surface area contributed by atoms with E-state index < -0.39 is 0 Å². The third-order valence-electron chi connectivity index (χ3n) is 3.47. The van der Waals surface area contributed by atoms with Crippen molar-refractivity contribution in [2.45, 2.75) is 38.6 Å². The van der Waals surface area contributed by atoms with E-state index in [1.54, 1.807) is 6.07 Å². The molecule has 1 aromatic carbocycles. The van der Waals surface area contributed by atoms with Crippen molar-refractivity contribution in [3.8, 4) is 5.75 Å². The average molecular weight is 268 g/mol. The first-order valence-electron chi connectivity index (χ1n) is 6.35. The third-order valence-corrected chi connectivity index (χ3v) is 3.71. The summed E-state index contributed by atoms with van der Waals surface area (Å²) in [6, 6.07) is 4.72. The number of benzene rings is 1. The average Bonchev–Trinajstić information content (AvgIpc) is 2.32. The van der Waals surface area contributed by atoms with Gasteiger partial charge in [0.25, 0.3) is 5.91 Å². The predicted molar refractivity (Wildman–Crippen MR) is 72.0 cm³/mol. The maximum absolute atomic E-state index is 12.1. The van der Waals surface area contributed by atoms with Crippen LogP contribution < -0.4 is 5.32 Å². The van der Waals surface area contributed by atoms with Crippen molar-refractivity contribution in [1.82, 2.24) is 5.32 Å². The lowest BCUT2D eigenvalue weighted by molar-refractivity contribution is 0.0918. The molecule has 1 fully saturated rings. The predicted octanol–water partition coefficient (Wildman–Crippen LogP) is 3.35. The summed E-state index contributed by atoms with van der Waals surface area (Å²) in [6.07, 6.45) is 4.40. The third kappa shape index (κ3) is 3.16. The van der Waals surface area contributed by atoms with Crippen molar-refractivity contribution in [2.75, 3.05) is 0 Å². The van der Waals surface area contributed by atoms with Gasteiger partial charge >= 0.3 is 0 Å². The number of hydrogen-bond acceptors (Lipinski definition) is 2. The maximum atomic E-state index is 12.1. The Hall–Kier alpha value is -1.22. The SMILES string of the molecule is CC1CCCC(NC(=O)c2cc(Cl)ccc2O)C1. The molecule has 0 aliphatic heterocycles. The van der Waals surface area contributed by atoms with E-state index >= 15 is 0 Å². The second-order valence-electron chi connectivity index (χ2n) is 5.10. The molecule has 3 nitrogen and oxygen atoms in total. The number of phenols is 1. The monoisotopic (exact) mass is 267 g/mol. The lowest BCUT2D eigenvalue weighted by Gasteiger charge is -2.27. The molecule has 1 aliphatic carbocycles. The lowest BCUT2D eigenvalue weighted by Crippen LogP contribution is -2.38. The number of amides is 1. The normalized spacial score (nSPS) is 23.7. The minimum Gasteiger partial charge on any atom is -0.507 e. The molecule has 0 aromatic heterocycles. The van der Waals surface area contributed by atoms with Gasteiger partial charge in [-0.25, -0.2) is 0 Å². The van der Waals surface area contributed by atoms with Crippen molar-refractivity contribution in [2.24, 2.45) is 5.92 Å². The quantitative estimate of drug-likeness (QED) is 0.863. The smallest absolute Gasteiger partial charge is 0.255 e. The van der Waals surface area contributed by atoms with Gasteiger partial charge in [-0.15, -0.1) is 0 Å². The minimum absolute atomic E-state index is 0.0271. The Morgan fingerprint density at radius 1 is 1.44 bits per heavy atom. The number of hydrogen-bond donors (Lipinski definition) is 2. The summed E-state index contributed by atoms with van der Waals surface area (Å²) in [7, 11) is 0. The molecule has 1 aromatic rings. The fourth-order valence-electron chi connectivity index (χ4n) is 2.52. The van der Waals surface area contributed by atoms with Crippen LogP contribution >= 0.6 is 11.6 Å². The molecule has 0 radical (unpaired) electrons. The molecule has 0 saturated heterocycles. The molecule has 2 N–H and O–H groups in total. The molecule has 18 heavy (non-hydrogen) atoms. The molecule has 1 saturated carbocycles. The number of phenolic OH excluding ortho intramolecular Hbond substituents is 1. The molecule has 2 atom stereocenters. The van der Waals surface area contributed by atoms with Crippen LogP contribution in [0.25, 0.3) is 0 Å². The Bertz CT molecular complexity index is 447.